The number of hydrogen-bond donors (Lipinski definition) is 1. The Kier molecular flexibility index (Phi) is 2.67. The first-order valence-electron chi connectivity index (χ1n) is 6.30. The third-order valence-electron chi connectivity index (χ3n) is 3.49. The van der Waals surface area contributed by atoms with Crippen LogP contribution < -0.4 is 10.2 Å². The van der Waals surface area contributed by atoms with E-state index < -0.39 is 0 Å². The summed E-state index contributed by atoms with van der Waals surface area (Å²) in [5.41, 5.74) is 3.94. The van der Waals surface area contributed by atoms with Crippen molar-refractivity contribution < 1.29 is 0 Å². The quantitative estimate of drug-likeness (QED) is 0.872. The van der Waals surface area contributed by atoms with Crippen LogP contribution in [-0.4, -0.2) is 18.1 Å². The molecule has 2 heterocycles. The molecule has 1 aromatic carbocycles. The lowest BCUT2D eigenvalue weighted by Crippen LogP contribution is -2.23. The molecule has 2 aromatic rings. The molecule has 1 aliphatic heterocycles. The van der Waals surface area contributed by atoms with E-state index in [2.05, 4.69) is 58.5 Å². The highest BCUT2D eigenvalue weighted by molar-refractivity contribution is 5.72. The van der Waals surface area contributed by atoms with Gasteiger partial charge in [0.25, 0.3) is 0 Å². The molecule has 1 aliphatic rings. The first kappa shape index (κ1) is 11.1. The highest BCUT2D eigenvalue weighted by atomic mass is 15.2. The van der Waals surface area contributed by atoms with Crippen LogP contribution in [0.25, 0.3) is 0 Å². The fourth-order valence-corrected chi connectivity index (χ4v) is 2.66. The Morgan fingerprint density at radius 2 is 2.11 bits per heavy atom. The van der Waals surface area contributed by atoms with Crippen LogP contribution in [0.15, 0.2) is 42.6 Å². The fraction of sp³-hybridized carbons (Fsp3) is 0.267. The molecule has 18 heavy (non-hydrogen) atoms. The highest BCUT2D eigenvalue weighted by Gasteiger charge is 2.26. The van der Waals surface area contributed by atoms with Crippen LogP contribution in [-0.2, 0) is 6.42 Å². The molecule has 1 aromatic heterocycles. The van der Waals surface area contributed by atoms with Gasteiger partial charge in [-0.2, -0.15) is 0 Å². The number of benzene rings is 1. The topological polar surface area (TPSA) is 28.2 Å². The minimum atomic E-state index is 0.495. The van der Waals surface area contributed by atoms with E-state index in [-0.39, 0.29) is 0 Å². The van der Waals surface area contributed by atoms with Crippen molar-refractivity contribution in [3.8, 4) is 0 Å². The van der Waals surface area contributed by atoms with E-state index in [4.69, 9.17) is 0 Å². The maximum atomic E-state index is 4.27. The number of para-hydroxylation sites is 1. The van der Waals surface area contributed by atoms with Crippen molar-refractivity contribution in [2.75, 3.05) is 17.3 Å². The van der Waals surface area contributed by atoms with E-state index in [0.29, 0.717) is 6.04 Å². The van der Waals surface area contributed by atoms with Crippen LogP contribution in [0.2, 0.25) is 0 Å². The van der Waals surface area contributed by atoms with Gasteiger partial charge in [-0.25, -0.2) is 4.98 Å². The Morgan fingerprint density at radius 3 is 2.94 bits per heavy atom. The summed E-state index contributed by atoms with van der Waals surface area (Å²) < 4.78 is 0. The molecule has 0 radical (unpaired) electrons. The van der Waals surface area contributed by atoms with Crippen molar-refractivity contribution >= 4 is 17.2 Å². The maximum Gasteiger partial charge on any atom is 0.127 e. The number of fused-ring (bicyclic) bond motifs is 1. The Bertz CT molecular complexity index is 565. The molecule has 0 fully saturated rings. The lowest BCUT2D eigenvalue weighted by Gasteiger charge is -2.25. The molecule has 0 saturated heterocycles. The fourth-order valence-electron chi connectivity index (χ4n) is 2.66. The normalized spacial score (nSPS) is 17.7. The average Bonchev–Trinajstić information content (AvgIpc) is 2.74. The van der Waals surface area contributed by atoms with Crippen LogP contribution >= 0.6 is 0 Å². The van der Waals surface area contributed by atoms with Gasteiger partial charge >= 0.3 is 0 Å². The van der Waals surface area contributed by atoms with Gasteiger partial charge in [-0.3, -0.25) is 0 Å². The molecule has 0 saturated carbocycles. The zero-order valence-corrected chi connectivity index (χ0v) is 10.7. The molecule has 0 bridgehead atoms. The van der Waals surface area contributed by atoms with Gasteiger partial charge in [0.05, 0.1) is 0 Å². The summed E-state index contributed by atoms with van der Waals surface area (Å²) >= 11 is 0. The summed E-state index contributed by atoms with van der Waals surface area (Å²) in [7, 11) is 1.90. The number of nitrogens with zero attached hydrogens (tertiary/aromatic N) is 2. The van der Waals surface area contributed by atoms with Crippen LogP contribution in [0.5, 0.6) is 0 Å². The van der Waals surface area contributed by atoms with Crippen LogP contribution in [0, 0.1) is 0 Å². The van der Waals surface area contributed by atoms with Crippen molar-refractivity contribution in [3.05, 3.63) is 48.2 Å². The summed E-state index contributed by atoms with van der Waals surface area (Å²) in [6.45, 7) is 2.26. The molecular formula is C15H17N3. The number of pyridine rings is 1. The standard InChI is InChI=1S/C15H17N3/c1-11-9-12-5-3-4-6-14(12)18(11)13-7-8-17-15(10-13)16-2/h3-8,10-11H,9H2,1-2H3,(H,16,17). The largest absolute Gasteiger partial charge is 0.373 e. The molecule has 1 N–H and O–H groups in total. The van der Waals surface area contributed by atoms with Crippen molar-refractivity contribution in [2.24, 2.45) is 0 Å². The van der Waals surface area contributed by atoms with E-state index in [1.54, 1.807) is 0 Å². The van der Waals surface area contributed by atoms with Crippen LogP contribution in [0.1, 0.15) is 12.5 Å². The molecule has 92 valence electrons. The van der Waals surface area contributed by atoms with E-state index in [1.807, 2.05) is 13.2 Å². The van der Waals surface area contributed by atoms with Gasteiger partial charge in [0.1, 0.15) is 5.82 Å². The molecular weight excluding hydrogens is 222 g/mol. The number of aromatic nitrogens is 1. The minimum absolute atomic E-state index is 0.495. The lowest BCUT2D eigenvalue weighted by molar-refractivity contribution is 0.758. The minimum Gasteiger partial charge on any atom is -0.373 e. The smallest absolute Gasteiger partial charge is 0.127 e. The number of rotatable bonds is 2. The van der Waals surface area contributed by atoms with Gasteiger partial charge in [0.15, 0.2) is 0 Å². The molecule has 1 unspecified atom stereocenters. The third-order valence-corrected chi connectivity index (χ3v) is 3.49. The van der Waals surface area contributed by atoms with E-state index >= 15 is 0 Å². The second-order valence-corrected chi connectivity index (χ2v) is 4.70. The Balaban J connectivity index is 2.06. The molecule has 0 amide bonds. The van der Waals surface area contributed by atoms with E-state index in [9.17, 15) is 0 Å². The molecule has 0 spiro atoms. The third kappa shape index (κ3) is 1.72. The monoisotopic (exact) mass is 239 g/mol. The maximum absolute atomic E-state index is 4.27. The Morgan fingerprint density at radius 1 is 1.28 bits per heavy atom. The second kappa shape index (κ2) is 4.33. The lowest BCUT2D eigenvalue weighted by atomic mass is 10.1. The first-order valence-corrected chi connectivity index (χ1v) is 6.30. The Labute approximate surface area is 107 Å². The predicted molar refractivity (Wildman–Crippen MR) is 75.5 cm³/mol. The van der Waals surface area contributed by atoms with Gasteiger partial charge in [-0.1, -0.05) is 18.2 Å². The summed E-state index contributed by atoms with van der Waals surface area (Å²) in [6, 6.07) is 13.3. The van der Waals surface area contributed by atoms with Gasteiger partial charge < -0.3 is 10.2 Å². The van der Waals surface area contributed by atoms with Crippen molar-refractivity contribution in [3.63, 3.8) is 0 Å². The number of nitrogens with one attached hydrogen (secondary N) is 1. The zero-order valence-electron chi connectivity index (χ0n) is 10.7. The SMILES string of the molecule is CNc1cc(N2c3ccccc3CC2C)ccn1. The summed E-state index contributed by atoms with van der Waals surface area (Å²) in [4.78, 5) is 6.66. The Hall–Kier alpha value is -2.03. The van der Waals surface area contributed by atoms with Crippen LogP contribution in [0.4, 0.5) is 17.2 Å². The summed E-state index contributed by atoms with van der Waals surface area (Å²) in [6.07, 6.45) is 2.96. The van der Waals surface area contributed by atoms with Gasteiger partial charge in [-0.15, -0.1) is 0 Å². The molecule has 0 aliphatic carbocycles. The van der Waals surface area contributed by atoms with E-state index in [1.165, 1.54) is 16.9 Å². The molecule has 3 heteroatoms. The average molecular weight is 239 g/mol. The number of anilines is 3. The van der Waals surface area contributed by atoms with Crippen molar-refractivity contribution in [2.45, 2.75) is 19.4 Å². The first-order chi connectivity index (χ1) is 8.79. The van der Waals surface area contributed by atoms with Gasteiger partial charge in [-0.05, 0) is 31.0 Å². The molecule has 3 nitrogen and oxygen atoms in total. The number of hydrogen-bond acceptors (Lipinski definition) is 3. The van der Waals surface area contributed by atoms with Crippen molar-refractivity contribution in [1.82, 2.24) is 4.98 Å². The molecule has 3 rings (SSSR count). The highest BCUT2D eigenvalue weighted by Crippen LogP contribution is 2.38. The second-order valence-electron chi connectivity index (χ2n) is 4.70. The summed E-state index contributed by atoms with van der Waals surface area (Å²) in [5.74, 6) is 0.907. The predicted octanol–water partition coefficient (Wildman–Crippen LogP) is 3.21. The van der Waals surface area contributed by atoms with Gasteiger partial charge in [0.2, 0.25) is 0 Å². The van der Waals surface area contributed by atoms with E-state index in [0.717, 1.165) is 12.2 Å². The van der Waals surface area contributed by atoms with Crippen LogP contribution in [0.3, 0.4) is 0 Å². The van der Waals surface area contributed by atoms with Gasteiger partial charge in [0, 0.05) is 36.7 Å². The van der Waals surface area contributed by atoms with Crippen molar-refractivity contribution in [1.29, 1.82) is 0 Å². The zero-order chi connectivity index (χ0) is 12.5. The molecule has 1 atom stereocenters. The summed E-state index contributed by atoms with van der Waals surface area (Å²) in [5, 5.41) is 3.09.